The van der Waals surface area contributed by atoms with Crippen LogP contribution in [0.2, 0.25) is 0 Å². The zero-order chi connectivity index (χ0) is 21.7. The minimum absolute atomic E-state index is 0.0462. The van der Waals surface area contributed by atoms with Crippen LogP contribution in [0.25, 0.3) is 11.3 Å². The number of nitriles is 1. The molecule has 0 aliphatic heterocycles. The van der Waals surface area contributed by atoms with Gasteiger partial charge >= 0.3 is 0 Å². The molecule has 30 heavy (non-hydrogen) atoms. The zero-order valence-electron chi connectivity index (χ0n) is 17.0. The molecule has 1 heterocycles. The number of hydrogen-bond donors (Lipinski definition) is 2. The number of anilines is 1. The van der Waals surface area contributed by atoms with Crippen molar-refractivity contribution < 1.29 is 4.79 Å². The minimum atomic E-state index is -0.520. The Hall–Kier alpha value is -3.37. The summed E-state index contributed by atoms with van der Waals surface area (Å²) in [4.78, 5) is 32.3. The molecule has 0 fully saturated rings. The van der Waals surface area contributed by atoms with Crippen LogP contribution in [0.5, 0.6) is 0 Å². The largest absolute Gasteiger partial charge is 0.325 e. The predicted molar refractivity (Wildman–Crippen MR) is 120 cm³/mol. The lowest BCUT2D eigenvalue weighted by Crippen LogP contribution is -2.24. The van der Waals surface area contributed by atoms with Crippen LogP contribution in [0.4, 0.5) is 5.69 Å². The summed E-state index contributed by atoms with van der Waals surface area (Å²) < 4.78 is 0. The first kappa shape index (κ1) is 21.3. The van der Waals surface area contributed by atoms with E-state index in [-0.39, 0.29) is 11.5 Å². The molecule has 0 saturated carbocycles. The molecule has 2 aromatic carbocycles. The van der Waals surface area contributed by atoms with Gasteiger partial charge in [-0.15, -0.1) is 0 Å². The number of benzene rings is 2. The van der Waals surface area contributed by atoms with Crippen molar-refractivity contribution in [1.82, 2.24) is 9.97 Å². The number of rotatable bonds is 6. The molecule has 3 rings (SSSR count). The molecular formula is C23H22N4O2S. The van der Waals surface area contributed by atoms with Gasteiger partial charge in [-0.3, -0.25) is 9.59 Å². The van der Waals surface area contributed by atoms with Gasteiger partial charge in [0.1, 0.15) is 11.6 Å². The van der Waals surface area contributed by atoms with Gasteiger partial charge in [-0.25, -0.2) is 4.98 Å². The smallest absolute Gasteiger partial charge is 0.270 e. The van der Waals surface area contributed by atoms with Crippen LogP contribution < -0.4 is 10.9 Å². The van der Waals surface area contributed by atoms with Crippen LogP contribution in [0.15, 0.2) is 58.5 Å². The number of nitrogens with zero attached hydrogens (tertiary/aromatic N) is 2. The minimum Gasteiger partial charge on any atom is -0.325 e. The normalized spacial score (nSPS) is 11.5. The van der Waals surface area contributed by atoms with Crippen molar-refractivity contribution >= 4 is 23.4 Å². The van der Waals surface area contributed by atoms with Gasteiger partial charge in [0.25, 0.3) is 5.56 Å². The van der Waals surface area contributed by atoms with Crippen molar-refractivity contribution in [2.24, 2.45) is 0 Å². The lowest BCUT2D eigenvalue weighted by Gasteiger charge is -2.16. The SMILES string of the molecule is CCc1cccc(C)c1NC(=O)[C@H](C)Sc1nc(-c2ccccc2)c(C#N)c(=O)[nH]1. The summed E-state index contributed by atoms with van der Waals surface area (Å²) in [6, 6.07) is 16.9. The van der Waals surface area contributed by atoms with Crippen LogP contribution in [0.3, 0.4) is 0 Å². The van der Waals surface area contributed by atoms with Crippen molar-refractivity contribution in [2.45, 2.75) is 37.6 Å². The molecule has 3 aromatic rings. The Kier molecular flexibility index (Phi) is 6.70. The Labute approximate surface area is 179 Å². The number of carbonyl (C=O) groups is 1. The van der Waals surface area contributed by atoms with E-state index < -0.39 is 10.8 Å². The van der Waals surface area contributed by atoms with E-state index in [9.17, 15) is 14.9 Å². The van der Waals surface area contributed by atoms with Gasteiger partial charge in [0.15, 0.2) is 5.16 Å². The standard InChI is InChI=1S/C23H22N4O2S/c1-4-16-12-8-9-14(2)19(16)25-21(28)15(3)30-23-26-20(17-10-6-5-7-11-17)18(13-24)22(29)27-23/h5-12,15H,4H2,1-3H3,(H,25,28)(H,26,27,29)/t15-/m0/s1. The molecule has 0 aliphatic carbocycles. The van der Waals surface area contributed by atoms with Gasteiger partial charge in [0.05, 0.1) is 10.9 Å². The van der Waals surface area contributed by atoms with E-state index >= 15 is 0 Å². The second kappa shape index (κ2) is 9.42. The van der Waals surface area contributed by atoms with Crippen molar-refractivity contribution in [3.05, 3.63) is 75.6 Å². The molecule has 1 amide bonds. The summed E-state index contributed by atoms with van der Waals surface area (Å²) in [5, 5.41) is 12.2. The summed E-state index contributed by atoms with van der Waals surface area (Å²) in [6.07, 6.45) is 0.809. The highest BCUT2D eigenvalue weighted by Crippen LogP contribution is 2.26. The molecule has 6 nitrogen and oxygen atoms in total. The first-order valence-electron chi connectivity index (χ1n) is 9.60. The van der Waals surface area contributed by atoms with Crippen LogP contribution in [-0.4, -0.2) is 21.1 Å². The molecule has 7 heteroatoms. The third kappa shape index (κ3) is 4.61. The molecule has 1 atom stereocenters. The van der Waals surface area contributed by atoms with Gasteiger partial charge in [-0.05, 0) is 31.4 Å². The highest BCUT2D eigenvalue weighted by molar-refractivity contribution is 8.00. The van der Waals surface area contributed by atoms with E-state index in [1.54, 1.807) is 19.1 Å². The highest BCUT2D eigenvalue weighted by atomic mass is 32.2. The van der Waals surface area contributed by atoms with Gasteiger partial charge in [-0.1, -0.05) is 67.2 Å². The van der Waals surface area contributed by atoms with Gasteiger partial charge < -0.3 is 10.3 Å². The van der Waals surface area contributed by atoms with Crippen LogP contribution in [0.1, 0.15) is 30.5 Å². The number of aryl methyl sites for hydroxylation is 2. The third-order valence-electron chi connectivity index (χ3n) is 4.70. The number of H-pyrrole nitrogens is 1. The summed E-state index contributed by atoms with van der Waals surface area (Å²) in [6.45, 7) is 5.75. The second-order valence-corrected chi connectivity index (χ2v) is 8.11. The summed E-state index contributed by atoms with van der Waals surface area (Å²) in [5.74, 6) is -0.183. The maximum Gasteiger partial charge on any atom is 0.270 e. The molecule has 0 bridgehead atoms. The van der Waals surface area contributed by atoms with Crippen LogP contribution in [0, 0.1) is 18.3 Å². The molecule has 0 spiro atoms. The molecule has 0 unspecified atom stereocenters. The van der Waals surface area contributed by atoms with Gasteiger partial charge in [0.2, 0.25) is 5.91 Å². The zero-order valence-corrected chi connectivity index (χ0v) is 17.8. The number of para-hydroxylation sites is 1. The Morgan fingerprint density at radius 1 is 1.23 bits per heavy atom. The van der Waals surface area contributed by atoms with Crippen molar-refractivity contribution in [3.63, 3.8) is 0 Å². The van der Waals surface area contributed by atoms with E-state index in [0.717, 1.165) is 35.0 Å². The lowest BCUT2D eigenvalue weighted by atomic mass is 10.1. The topological polar surface area (TPSA) is 98.6 Å². The third-order valence-corrected chi connectivity index (χ3v) is 5.69. The number of amides is 1. The maximum atomic E-state index is 12.8. The van der Waals surface area contributed by atoms with E-state index in [2.05, 4.69) is 15.3 Å². The predicted octanol–water partition coefficient (Wildman–Crippen LogP) is 4.30. The molecule has 1 aromatic heterocycles. The van der Waals surface area contributed by atoms with Gasteiger partial charge in [-0.2, -0.15) is 5.26 Å². The van der Waals surface area contributed by atoms with E-state index in [1.165, 1.54) is 0 Å². The average molecular weight is 419 g/mol. The molecule has 0 saturated heterocycles. The first-order valence-corrected chi connectivity index (χ1v) is 10.5. The van der Waals surface area contributed by atoms with E-state index in [0.29, 0.717) is 16.4 Å². The summed E-state index contributed by atoms with van der Waals surface area (Å²) in [5.41, 5.74) is 3.30. The fourth-order valence-corrected chi connectivity index (χ4v) is 3.86. The van der Waals surface area contributed by atoms with Crippen LogP contribution in [-0.2, 0) is 11.2 Å². The molecule has 0 aliphatic rings. The van der Waals surface area contributed by atoms with Gasteiger partial charge in [0, 0.05) is 11.3 Å². The number of carbonyl (C=O) groups excluding carboxylic acids is 1. The number of nitrogens with one attached hydrogen (secondary N) is 2. The quantitative estimate of drug-likeness (QED) is 0.459. The molecular weight excluding hydrogens is 396 g/mol. The van der Waals surface area contributed by atoms with Crippen molar-refractivity contribution in [3.8, 4) is 17.3 Å². The Balaban J connectivity index is 1.86. The van der Waals surface area contributed by atoms with Crippen molar-refractivity contribution in [2.75, 3.05) is 5.32 Å². The Morgan fingerprint density at radius 3 is 2.63 bits per heavy atom. The number of hydrogen-bond acceptors (Lipinski definition) is 5. The monoisotopic (exact) mass is 418 g/mol. The number of aromatic nitrogens is 2. The van der Waals surface area contributed by atoms with Crippen molar-refractivity contribution in [1.29, 1.82) is 5.26 Å². The summed E-state index contributed by atoms with van der Waals surface area (Å²) in [7, 11) is 0. The van der Waals surface area contributed by atoms with E-state index in [1.807, 2.05) is 56.3 Å². The maximum absolute atomic E-state index is 12.8. The number of thioether (sulfide) groups is 1. The average Bonchev–Trinajstić information content (AvgIpc) is 2.75. The number of aromatic amines is 1. The Morgan fingerprint density at radius 2 is 1.97 bits per heavy atom. The van der Waals surface area contributed by atoms with Crippen LogP contribution >= 0.6 is 11.8 Å². The highest BCUT2D eigenvalue weighted by Gasteiger charge is 2.20. The fraction of sp³-hybridized carbons (Fsp3) is 0.217. The van der Waals surface area contributed by atoms with E-state index in [4.69, 9.17) is 0 Å². The molecule has 152 valence electrons. The second-order valence-electron chi connectivity index (χ2n) is 6.78. The molecule has 2 N–H and O–H groups in total. The summed E-state index contributed by atoms with van der Waals surface area (Å²) >= 11 is 1.14. The fourth-order valence-electron chi connectivity index (χ4n) is 3.06. The Bertz CT molecular complexity index is 1170. The lowest BCUT2D eigenvalue weighted by molar-refractivity contribution is -0.115. The first-order chi connectivity index (χ1) is 14.4. The molecule has 0 radical (unpaired) electrons.